The molecule has 2 aromatic carbocycles. The van der Waals surface area contributed by atoms with Crippen LogP contribution in [0.15, 0.2) is 53.4 Å². The van der Waals surface area contributed by atoms with Crippen molar-refractivity contribution >= 4 is 11.8 Å². The van der Waals surface area contributed by atoms with E-state index in [0.717, 1.165) is 17.9 Å². The molecule has 0 saturated carbocycles. The van der Waals surface area contributed by atoms with Crippen molar-refractivity contribution in [2.24, 2.45) is 0 Å². The van der Waals surface area contributed by atoms with Crippen LogP contribution in [-0.2, 0) is 0 Å². The zero-order valence-electron chi connectivity index (χ0n) is 15.5. The van der Waals surface area contributed by atoms with Crippen LogP contribution >= 0.6 is 11.8 Å². The van der Waals surface area contributed by atoms with Gasteiger partial charge in [0.25, 0.3) is 0 Å². The second-order valence-electron chi connectivity index (χ2n) is 6.92. The van der Waals surface area contributed by atoms with Crippen molar-refractivity contribution in [1.29, 1.82) is 0 Å². The van der Waals surface area contributed by atoms with Crippen molar-refractivity contribution in [2.75, 3.05) is 12.9 Å². The van der Waals surface area contributed by atoms with Gasteiger partial charge in [-0.15, -0.1) is 11.8 Å². The lowest BCUT2D eigenvalue weighted by molar-refractivity contribution is 0.298. The van der Waals surface area contributed by atoms with E-state index < -0.39 is 0 Å². The summed E-state index contributed by atoms with van der Waals surface area (Å²) in [4.78, 5) is 1.34. The molecule has 0 spiro atoms. The lowest BCUT2D eigenvalue weighted by atomic mass is 9.88. The maximum Gasteiger partial charge on any atom is 0.119 e. The lowest BCUT2D eigenvalue weighted by Gasteiger charge is -2.36. The first kappa shape index (κ1) is 18.3. The smallest absolute Gasteiger partial charge is 0.119 e. The van der Waals surface area contributed by atoms with Gasteiger partial charge < -0.3 is 4.74 Å². The molecule has 3 rings (SSSR count). The van der Waals surface area contributed by atoms with Gasteiger partial charge in [-0.2, -0.15) is 0 Å². The van der Waals surface area contributed by atoms with Crippen molar-refractivity contribution in [2.45, 2.75) is 56.0 Å². The summed E-state index contributed by atoms with van der Waals surface area (Å²) in [5.41, 5.74) is 2.88. The van der Waals surface area contributed by atoms with E-state index in [0.29, 0.717) is 0 Å². The number of nitrogens with one attached hydrogen (secondary N) is 1. The quantitative estimate of drug-likeness (QED) is 0.705. The summed E-state index contributed by atoms with van der Waals surface area (Å²) in [6.07, 6.45) is 4.88. The molecule has 2 aromatic rings. The lowest BCUT2D eigenvalue weighted by Crippen LogP contribution is -2.48. The Balaban J connectivity index is 2.04. The predicted octanol–water partition coefficient (Wildman–Crippen LogP) is 5.82. The van der Waals surface area contributed by atoms with Gasteiger partial charge in [-0.05, 0) is 36.1 Å². The van der Waals surface area contributed by atoms with Gasteiger partial charge in [-0.1, -0.05) is 63.1 Å². The molecule has 0 aliphatic carbocycles. The highest BCUT2D eigenvalue weighted by molar-refractivity contribution is 7.99. The molecular formula is C22H29NOS. The Kier molecular flexibility index (Phi) is 6.08. The van der Waals surface area contributed by atoms with Crippen LogP contribution in [0.3, 0.4) is 0 Å². The van der Waals surface area contributed by atoms with Gasteiger partial charge in [0.15, 0.2) is 0 Å². The summed E-state index contributed by atoms with van der Waals surface area (Å²) >= 11 is 1.98. The Morgan fingerprint density at radius 1 is 1.16 bits per heavy atom. The van der Waals surface area contributed by atoms with Crippen LogP contribution in [0.5, 0.6) is 5.75 Å². The Bertz CT molecular complexity index is 688. The normalized spacial score (nSPS) is 22.9. The van der Waals surface area contributed by atoms with E-state index >= 15 is 0 Å². The molecule has 0 saturated heterocycles. The monoisotopic (exact) mass is 355 g/mol. The molecule has 0 radical (unpaired) electrons. The summed E-state index contributed by atoms with van der Waals surface area (Å²) in [5, 5.41) is 4.06. The number of ether oxygens (including phenoxy) is 1. The molecule has 1 aliphatic rings. The first-order valence-electron chi connectivity index (χ1n) is 9.34. The summed E-state index contributed by atoms with van der Waals surface area (Å²) < 4.78 is 5.47. The molecule has 25 heavy (non-hydrogen) atoms. The van der Waals surface area contributed by atoms with E-state index in [-0.39, 0.29) is 11.6 Å². The fourth-order valence-corrected chi connectivity index (χ4v) is 5.01. The molecule has 1 aliphatic heterocycles. The number of thioether (sulfide) groups is 1. The zero-order chi connectivity index (χ0) is 17.7. The Labute approximate surface area is 156 Å². The standard InChI is InChI=1S/C22H29NOS/c1-4-6-14-22(5-2)16-25-20-15-18(24-3)12-13-19(20)21(23-22)17-10-8-7-9-11-17/h7-13,15,21,23H,4-6,14,16H2,1-3H3/t21-,22-/m1/s1. The molecule has 0 bridgehead atoms. The number of methoxy groups -OCH3 is 1. The highest BCUT2D eigenvalue weighted by atomic mass is 32.2. The second kappa shape index (κ2) is 8.29. The average molecular weight is 356 g/mol. The van der Waals surface area contributed by atoms with Gasteiger partial charge in [-0.25, -0.2) is 0 Å². The van der Waals surface area contributed by atoms with Crippen molar-refractivity contribution in [3.63, 3.8) is 0 Å². The molecule has 1 N–H and O–H groups in total. The molecule has 2 atom stereocenters. The van der Waals surface area contributed by atoms with Crippen molar-refractivity contribution < 1.29 is 4.74 Å². The maximum absolute atomic E-state index is 5.47. The molecule has 0 amide bonds. The van der Waals surface area contributed by atoms with E-state index in [4.69, 9.17) is 4.74 Å². The van der Waals surface area contributed by atoms with Crippen LogP contribution in [-0.4, -0.2) is 18.4 Å². The minimum atomic E-state index is 0.174. The minimum Gasteiger partial charge on any atom is -0.497 e. The number of rotatable bonds is 6. The highest BCUT2D eigenvalue weighted by Gasteiger charge is 2.35. The van der Waals surface area contributed by atoms with Crippen molar-refractivity contribution in [1.82, 2.24) is 5.32 Å². The van der Waals surface area contributed by atoms with Gasteiger partial charge >= 0.3 is 0 Å². The van der Waals surface area contributed by atoms with Crippen LogP contribution < -0.4 is 10.1 Å². The third kappa shape index (κ3) is 4.04. The van der Waals surface area contributed by atoms with Crippen LogP contribution in [0, 0.1) is 0 Å². The Morgan fingerprint density at radius 3 is 2.64 bits per heavy atom. The SMILES string of the molecule is CCCC[C@]1(CC)CSc2cc(OC)ccc2[C@@H](c2ccccc2)N1. The molecule has 0 fully saturated rings. The third-order valence-corrected chi connectivity index (χ3v) is 6.67. The molecular weight excluding hydrogens is 326 g/mol. The van der Waals surface area contributed by atoms with Crippen molar-refractivity contribution in [3.05, 3.63) is 59.7 Å². The molecule has 0 unspecified atom stereocenters. The number of unbranched alkanes of at least 4 members (excludes halogenated alkanes) is 1. The van der Waals surface area contributed by atoms with E-state index in [1.165, 1.54) is 35.3 Å². The highest BCUT2D eigenvalue weighted by Crippen LogP contribution is 2.42. The van der Waals surface area contributed by atoms with Crippen LogP contribution in [0.25, 0.3) is 0 Å². The largest absolute Gasteiger partial charge is 0.497 e. The maximum atomic E-state index is 5.47. The molecule has 0 aromatic heterocycles. The summed E-state index contributed by atoms with van der Waals surface area (Å²) in [6.45, 7) is 4.60. The van der Waals surface area contributed by atoms with Gasteiger partial charge in [0.2, 0.25) is 0 Å². The van der Waals surface area contributed by atoms with Crippen molar-refractivity contribution in [3.8, 4) is 5.75 Å². The molecule has 2 nitrogen and oxygen atoms in total. The van der Waals surface area contributed by atoms with Crippen LogP contribution in [0.4, 0.5) is 0 Å². The average Bonchev–Trinajstić information content (AvgIpc) is 2.84. The van der Waals surface area contributed by atoms with E-state index in [2.05, 4.69) is 67.7 Å². The van der Waals surface area contributed by atoms with Crippen LogP contribution in [0.1, 0.15) is 56.7 Å². The van der Waals surface area contributed by atoms with Gasteiger partial charge in [0, 0.05) is 16.2 Å². The number of hydrogen-bond acceptors (Lipinski definition) is 3. The number of fused-ring (bicyclic) bond motifs is 1. The van der Waals surface area contributed by atoms with E-state index in [9.17, 15) is 0 Å². The molecule has 134 valence electrons. The number of hydrogen-bond donors (Lipinski definition) is 1. The second-order valence-corrected chi connectivity index (χ2v) is 7.94. The van der Waals surface area contributed by atoms with Crippen LogP contribution in [0.2, 0.25) is 0 Å². The van der Waals surface area contributed by atoms with E-state index in [1.54, 1.807) is 7.11 Å². The third-order valence-electron chi connectivity index (χ3n) is 5.30. The molecule has 3 heteroatoms. The summed E-state index contributed by atoms with van der Waals surface area (Å²) in [6, 6.07) is 17.6. The fraction of sp³-hybridized carbons (Fsp3) is 0.455. The first-order valence-corrected chi connectivity index (χ1v) is 10.3. The Hall–Kier alpha value is -1.45. The summed E-state index contributed by atoms with van der Waals surface area (Å²) in [7, 11) is 1.74. The summed E-state index contributed by atoms with van der Waals surface area (Å²) in [5.74, 6) is 2.04. The Morgan fingerprint density at radius 2 is 1.96 bits per heavy atom. The van der Waals surface area contributed by atoms with Gasteiger partial charge in [0.05, 0.1) is 13.2 Å². The topological polar surface area (TPSA) is 21.3 Å². The predicted molar refractivity (Wildman–Crippen MR) is 108 cm³/mol. The minimum absolute atomic E-state index is 0.174. The first-order chi connectivity index (χ1) is 12.2. The van der Waals surface area contributed by atoms with Gasteiger partial charge in [-0.3, -0.25) is 5.32 Å². The van der Waals surface area contributed by atoms with E-state index in [1.807, 2.05) is 11.8 Å². The zero-order valence-corrected chi connectivity index (χ0v) is 16.4. The number of benzene rings is 2. The van der Waals surface area contributed by atoms with Gasteiger partial charge in [0.1, 0.15) is 5.75 Å². The molecule has 1 heterocycles. The fourth-order valence-electron chi connectivity index (χ4n) is 3.60.